The third-order valence-electron chi connectivity index (χ3n) is 10.7. The number of carbonyl (C=O) groups excluding carboxylic acids is 9. The molecule has 0 rings (SSSR count). The summed E-state index contributed by atoms with van der Waals surface area (Å²) in [5.74, 6) is -10.9. The number of unbranched alkanes of at least 4 members (excludes halogenated alkanes) is 2. The maximum absolute atomic E-state index is 14.0. The lowest BCUT2D eigenvalue weighted by molar-refractivity contribution is -0.142. The van der Waals surface area contributed by atoms with Crippen molar-refractivity contribution >= 4 is 76.9 Å². The number of aliphatic hydroxyl groups excluding tert-OH is 1. The Morgan fingerprint density at radius 1 is 0.457 bits per heavy atom. The first-order valence-corrected chi connectivity index (χ1v) is 24.6. The SMILES string of the molecule is CSCC[C@H](NC(=O)[C@H](C)NC(=O)[C@H](CCC(=O)O)NC(=O)[C@H](CCCCN)NC(=O)[C@@H](NC(=O)[C@H](CCCCN)NC(=O)[C@H](CO)NC(=O)[C@@H](NC(=O)CN)C(C)C)C(C)C)C(=O)N[C@@H](C)C(=O)O. The van der Waals surface area contributed by atoms with Gasteiger partial charge in [0.2, 0.25) is 53.2 Å². The van der Waals surface area contributed by atoms with Crippen LogP contribution in [0.4, 0.5) is 0 Å². The molecule has 0 aliphatic heterocycles. The molecule has 9 atom stereocenters. The predicted octanol–water partition coefficient (Wildman–Crippen LogP) is -4.39. The van der Waals surface area contributed by atoms with Crippen molar-refractivity contribution in [2.45, 2.75) is 154 Å². The molecule has 0 fully saturated rings. The molecule has 0 aromatic heterocycles. The van der Waals surface area contributed by atoms with Gasteiger partial charge in [0.25, 0.3) is 0 Å². The van der Waals surface area contributed by atoms with Crippen LogP contribution in [0.2, 0.25) is 0 Å². The van der Waals surface area contributed by atoms with Crippen molar-refractivity contribution in [3.8, 4) is 0 Å². The Morgan fingerprint density at radius 3 is 1.27 bits per heavy atom. The van der Waals surface area contributed by atoms with Gasteiger partial charge in [-0.15, -0.1) is 0 Å². The van der Waals surface area contributed by atoms with Gasteiger partial charge in [-0.25, -0.2) is 0 Å². The van der Waals surface area contributed by atoms with Crippen LogP contribution in [-0.4, -0.2) is 173 Å². The van der Waals surface area contributed by atoms with E-state index >= 15 is 0 Å². The van der Waals surface area contributed by atoms with Crippen LogP contribution in [0.5, 0.6) is 0 Å². The minimum atomic E-state index is -1.57. The van der Waals surface area contributed by atoms with Crippen LogP contribution in [0.25, 0.3) is 0 Å². The molecule has 0 aliphatic carbocycles. The van der Waals surface area contributed by atoms with E-state index in [0.29, 0.717) is 31.4 Å². The normalized spacial score (nSPS) is 15.0. The van der Waals surface area contributed by atoms with Gasteiger partial charge in [-0.05, 0) is 102 Å². The van der Waals surface area contributed by atoms with Crippen molar-refractivity contribution in [2.24, 2.45) is 29.0 Å². The summed E-state index contributed by atoms with van der Waals surface area (Å²) in [5.41, 5.74) is 16.7. The molecule has 26 nitrogen and oxygen atoms in total. The highest BCUT2D eigenvalue weighted by atomic mass is 32.2. The van der Waals surface area contributed by atoms with Crippen molar-refractivity contribution in [1.29, 1.82) is 0 Å². The molecular formula is C43H78N12O14S. The molecule has 0 heterocycles. The summed E-state index contributed by atoms with van der Waals surface area (Å²) in [6.45, 7) is 8.15. The highest BCUT2D eigenvalue weighted by Gasteiger charge is 2.35. The highest BCUT2D eigenvalue weighted by molar-refractivity contribution is 7.98. The van der Waals surface area contributed by atoms with E-state index in [0.717, 1.165) is 0 Å². The zero-order valence-corrected chi connectivity index (χ0v) is 42.0. The summed E-state index contributed by atoms with van der Waals surface area (Å²) in [6, 6.07) is -12.1. The van der Waals surface area contributed by atoms with Gasteiger partial charge in [-0.3, -0.25) is 52.7 Å². The fraction of sp³-hybridized carbons (Fsp3) is 0.744. The summed E-state index contributed by atoms with van der Waals surface area (Å²) < 4.78 is 0. The smallest absolute Gasteiger partial charge is 0.325 e. The van der Waals surface area contributed by atoms with Crippen LogP contribution < -0.4 is 65.1 Å². The standard InChI is InChI=1S/C43H78N12O14S/c1-22(2)33(54-31(57)20-46)41(66)53-30(21-56)40(65)50-27(13-9-11-18-45)39(64)55-34(23(3)4)42(67)52-26(12-8-10-17-44)38(63)51-28(14-15-32(58)59)36(61)47-24(5)35(60)49-29(16-19-70-7)37(62)48-25(6)43(68)69/h22-30,33-34,56H,8-21,44-46H2,1-7H3,(H,47,61)(H,48,62)(H,49,60)(H,50,65)(H,51,63)(H,52,67)(H,53,66)(H,54,57)(H,55,64)(H,58,59)(H,68,69)/t24-,25-,26-,27-,28-,29-,30-,33-,34-/m0/s1. The molecule has 0 radical (unpaired) electrons. The number of carbonyl (C=O) groups is 11. The zero-order valence-electron chi connectivity index (χ0n) is 41.2. The summed E-state index contributed by atoms with van der Waals surface area (Å²) in [7, 11) is 0. The Morgan fingerprint density at radius 2 is 0.843 bits per heavy atom. The number of nitrogens with two attached hydrogens (primary N) is 3. The monoisotopic (exact) mass is 1020 g/mol. The fourth-order valence-electron chi connectivity index (χ4n) is 6.43. The molecule has 0 bridgehead atoms. The summed E-state index contributed by atoms with van der Waals surface area (Å²) in [5, 5.41) is 50.9. The van der Waals surface area contributed by atoms with Crippen LogP contribution in [-0.2, 0) is 52.7 Å². The third kappa shape index (κ3) is 24.8. The van der Waals surface area contributed by atoms with E-state index in [1.807, 2.05) is 0 Å². The van der Waals surface area contributed by atoms with Crippen LogP contribution in [0.1, 0.15) is 99.3 Å². The van der Waals surface area contributed by atoms with Crippen molar-refractivity contribution < 1.29 is 68.1 Å². The molecule has 0 aromatic rings. The largest absolute Gasteiger partial charge is 0.481 e. The van der Waals surface area contributed by atoms with Gasteiger partial charge in [-0.2, -0.15) is 11.8 Å². The Hall–Kier alpha value is -5.64. The molecule has 70 heavy (non-hydrogen) atoms. The Balaban J connectivity index is 6.44. The second-order valence-electron chi connectivity index (χ2n) is 17.3. The topological polar surface area (TPSA) is 435 Å². The van der Waals surface area contributed by atoms with E-state index in [1.54, 1.807) is 34.0 Å². The molecule has 0 aliphatic rings. The van der Waals surface area contributed by atoms with E-state index in [2.05, 4.69) is 47.9 Å². The van der Waals surface area contributed by atoms with Gasteiger partial charge in [0, 0.05) is 6.42 Å². The summed E-state index contributed by atoms with van der Waals surface area (Å²) in [4.78, 5) is 143. The molecule has 0 unspecified atom stereocenters. The van der Waals surface area contributed by atoms with Crippen molar-refractivity contribution in [3.63, 3.8) is 0 Å². The lowest BCUT2D eigenvalue weighted by atomic mass is 10.00. The average molecular weight is 1020 g/mol. The first-order valence-electron chi connectivity index (χ1n) is 23.3. The van der Waals surface area contributed by atoms with E-state index in [-0.39, 0.29) is 32.4 Å². The van der Waals surface area contributed by atoms with Crippen LogP contribution in [0.15, 0.2) is 0 Å². The number of rotatable bonds is 36. The van der Waals surface area contributed by atoms with Crippen molar-refractivity contribution in [1.82, 2.24) is 47.9 Å². The molecule has 18 N–H and O–H groups in total. The lowest BCUT2D eigenvalue weighted by Crippen LogP contribution is -2.61. The number of thioether (sulfide) groups is 1. The highest BCUT2D eigenvalue weighted by Crippen LogP contribution is 2.11. The van der Waals surface area contributed by atoms with Crippen LogP contribution >= 0.6 is 11.8 Å². The van der Waals surface area contributed by atoms with E-state index in [9.17, 15) is 68.1 Å². The second kappa shape index (κ2) is 34.6. The van der Waals surface area contributed by atoms with Gasteiger partial charge in [-0.1, -0.05) is 27.7 Å². The number of hydrogen-bond acceptors (Lipinski definition) is 16. The van der Waals surface area contributed by atoms with Gasteiger partial charge in [0.1, 0.15) is 54.4 Å². The van der Waals surface area contributed by atoms with E-state index < -0.39 is 157 Å². The molecule has 0 saturated carbocycles. The van der Waals surface area contributed by atoms with Gasteiger partial charge >= 0.3 is 11.9 Å². The first-order chi connectivity index (χ1) is 32.9. The van der Waals surface area contributed by atoms with Gasteiger partial charge < -0.3 is 80.4 Å². The number of carboxylic acid groups (broad SMARTS) is 2. The van der Waals surface area contributed by atoms with E-state index in [4.69, 9.17) is 17.2 Å². The zero-order chi connectivity index (χ0) is 53.7. The quantitative estimate of drug-likeness (QED) is 0.0264. The van der Waals surface area contributed by atoms with Crippen molar-refractivity contribution in [3.05, 3.63) is 0 Å². The number of hydrogen-bond donors (Lipinski definition) is 15. The minimum Gasteiger partial charge on any atom is -0.481 e. The Kier molecular flexibility index (Phi) is 31.8. The molecule has 27 heteroatoms. The number of aliphatic carboxylic acids is 2. The average Bonchev–Trinajstić information content (AvgIpc) is 3.29. The first kappa shape index (κ1) is 64.4. The molecule has 0 saturated heterocycles. The Bertz CT molecular complexity index is 1760. The third-order valence-corrected chi connectivity index (χ3v) is 11.3. The predicted molar refractivity (Wildman–Crippen MR) is 258 cm³/mol. The molecule has 9 amide bonds. The molecule has 0 spiro atoms. The maximum atomic E-state index is 14.0. The number of amides is 9. The second-order valence-corrected chi connectivity index (χ2v) is 18.3. The van der Waals surface area contributed by atoms with Crippen LogP contribution in [0, 0.1) is 11.8 Å². The van der Waals surface area contributed by atoms with Gasteiger partial charge in [0.05, 0.1) is 13.2 Å². The van der Waals surface area contributed by atoms with Gasteiger partial charge in [0.15, 0.2) is 0 Å². The molecular weight excluding hydrogens is 941 g/mol. The maximum Gasteiger partial charge on any atom is 0.325 e. The molecule has 0 aromatic carbocycles. The Labute approximate surface area is 412 Å². The minimum absolute atomic E-state index is 0.0126. The number of carboxylic acids is 2. The van der Waals surface area contributed by atoms with Crippen LogP contribution in [0.3, 0.4) is 0 Å². The number of nitrogens with one attached hydrogen (secondary N) is 9. The van der Waals surface area contributed by atoms with E-state index in [1.165, 1.54) is 25.6 Å². The summed E-state index contributed by atoms with van der Waals surface area (Å²) >= 11 is 1.36. The summed E-state index contributed by atoms with van der Waals surface area (Å²) in [6.07, 6.45) is 2.26. The molecule has 400 valence electrons. The lowest BCUT2D eigenvalue weighted by Gasteiger charge is -2.29. The van der Waals surface area contributed by atoms with Crippen molar-refractivity contribution in [2.75, 3.05) is 38.2 Å². The fourth-order valence-corrected chi connectivity index (χ4v) is 6.91. The number of aliphatic hydroxyl groups is 1.